The van der Waals surface area contributed by atoms with Gasteiger partial charge in [0.05, 0.1) is 15.6 Å². The summed E-state index contributed by atoms with van der Waals surface area (Å²) < 4.78 is 31.5. The number of carbonyl (C=O) groups is 1. The van der Waals surface area contributed by atoms with E-state index in [0.29, 0.717) is 18.0 Å². The number of anilines is 1. The van der Waals surface area contributed by atoms with Crippen molar-refractivity contribution >= 4 is 39.0 Å². The minimum Gasteiger partial charge on any atom is -0.487 e. The summed E-state index contributed by atoms with van der Waals surface area (Å²) >= 11 is 1.59. The molecule has 1 heterocycles. The Balaban J connectivity index is 1.62. The number of nitrogens with one attached hydrogen (secondary N) is 1. The molecule has 0 saturated carbocycles. The van der Waals surface area contributed by atoms with E-state index in [1.807, 2.05) is 36.6 Å². The normalized spacial score (nSPS) is 11.8. The molecule has 0 unspecified atom stereocenters. The summed E-state index contributed by atoms with van der Waals surface area (Å²) in [4.78, 5) is 16.9. The summed E-state index contributed by atoms with van der Waals surface area (Å²) in [5.74, 6) is 0.360. The summed E-state index contributed by atoms with van der Waals surface area (Å²) in [7, 11) is -0.654. The molecule has 0 atom stereocenters. The van der Waals surface area contributed by atoms with Crippen LogP contribution in [0.5, 0.6) is 5.75 Å². The van der Waals surface area contributed by atoms with Gasteiger partial charge in [0.1, 0.15) is 12.4 Å². The zero-order chi connectivity index (χ0) is 23.3. The molecule has 3 aromatic rings. The number of nitrogens with zero attached hydrogens (tertiary/aromatic N) is 2. The highest BCUT2D eigenvalue weighted by Gasteiger charge is 2.18. The number of thiazole rings is 1. The molecular formula is C23H25N3O4S2. The van der Waals surface area contributed by atoms with Crippen molar-refractivity contribution in [2.45, 2.75) is 25.3 Å². The van der Waals surface area contributed by atoms with Crippen molar-refractivity contribution in [3.63, 3.8) is 0 Å². The Kier molecular flexibility index (Phi) is 7.44. The molecule has 0 aliphatic rings. The standard InChI is InChI=1S/C23H25N3O4S2/c1-16-5-11-21(32(28,29)26(3)4)13-22(16)25-23(27)12-8-18-6-9-20(10-7-18)30-14-19-15-31-17(2)24-19/h5-13,15H,14H2,1-4H3,(H,25,27)/b12-8+. The molecule has 0 aliphatic carbocycles. The van der Waals surface area contributed by atoms with Gasteiger partial charge in [-0.2, -0.15) is 0 Å². The van der Waals surface area contributed by atoms with Crippen molar-refractivity contribution < 1.29 is 17.9 Å². The van der Waals surface area contributed by atoms with Crippen LogP contribution in [0.3, 0.4) is 0 Å². The van der Waals surface area contributed by atoms with E-state index < -0.39 is 10.0 Å². The van der Waals surface area contributed by atoms with Crippen LogP contribution >= 0.6 is 11.3 Å². The van der Waals surface area contributed by atoms with Gasteiger partial charge in [-0.15, -0.1) is 11.3 Å². The van der Waals surface area contributed by atoms with Gasteiger partial charge in [0, 0.05) is 31.2 Å². The molecule has 1 amide bonds. The van der Waals surface area contributed by atoms with E-state index in [4.69, 9.17) is 4.74 Å². The van der Waals surface area contributed by atoms with Crippen LogP contribution in [0, 0.1) is 13.8 Å². The zero-order valence-corrected chi connectivity index (χ0v) is 20.0. The van der Waals surface area contributed by atoms with Gasteiger partial charge in [0.15, 0.2) is 0 Å². The first-order valence-corrected chi connectivity index (χ1v) is 12.1. The average Bonchev–Trinajstić information content (AvgIpc) is 3.18. The van der Waals surface area contributed by atoms with Gasteiger partial charge in [0.2, 0.25) is 15.9 Å². The second-order valence-electron chi connectivity index (χ2n) is 7.30. The topological polar surface area (TPSA) is 88.6 Å². The minimum absolute atomic E-state index is 0.121. The number of benzene rings is 2. The first kappa shape index (κ1) is 23.6. The van der Waals surface area contributed by atoms with Gasteiger partial charge >= 0.3 is 0 Å². The summed E-state index contributed by atoms with van der Waals surface area (Å²) in [6.45, 7) is 4.16. The predicted octanol–water partition coefficient (Wildman–Crippen LogP) is 4.24. The molecule has 0 spiro atoms. The van der Waals surface area contributed by atoms with Gasteiger partial charge in [-0.05, 0) is 55.3 Å². The van der Waals surface area contributed by atoms with Crippen LogP contribution in [0.15, 0.2) is 58.8 Å². The van der Waals surface area contributed by atoms with Crippen molar-refractivity contribution in [2.75, 3.05) is 19.4 Å². The Labute approximate surface area is 192 Å². The molecule has 0 saturated heterocycles. The minimum atomic E-state index is -3.58. The van der Waals surface area contributed by atoms with Crippen LogP contribution < -0.4 is 10.1 Å². The zero-order valence-electron chi connectivity index (χ0n) is 18.3. The lowest BCUT2D eigenvalue weighted by molar-refractivity contribution is -0.111. The monoisotopic (exact) mass is 471 g/mol. The van der Waals surface area contributed by atoms with Crippen molar-refractivity contribution in [2.24, 2.45) is 0 Å². The van der Waals surface area contributed by atoms with Gasteiger partial charge in [-0.3, -0.25) is 4.79 Å². The summed E-state index contributed by atoms with van der Waals surface area (Å²) in [6, 6.07) is 12.0. The van der Waals surface area contributed by atoms with Gasteiger partial charge in [-0.25, -0.2) is 17.7 Å². The lowest BCUT2D eigenvalue weighted by atomic mass is 10.2. The van der Waals surface area contributed by atoms with Crippen LogP contribution in [-0.2, 0) is 21.4 Å². The number of aryl methyl sites for hydroxylation is 2. The molecule has 0 fully saturated rings. The van der Waals surface area contributed by atoms with Crippen molar-refractivity contribution in [3.8, 4) is 5.75 Å². The number of ether oxygens (including phenoxy) is 1. The maximum absolute atomic E-state index is 12.4. The summed E-state index contributed by atoms with van der Waals surface area (Å²) in [5.41, 5.74) is 2.94. The fraction of sp³-hybridized carbons (Fsp3) is 0.217. The Morgan fingerprint density at radius 3 is 2.50 bits per heavy atom. The number of carbonyl (C=O) groups excluding carboxylic acids is 1. The molecule has 1 N–H and O–H groups in total. The van der Waals surface area contributed by atoms with Gasteiger partial charge in [-0.1, -0.05) is 18.2 Å². The smallest absolute Gasteiger partial charge is 0.248 e. The molecule has 1 aromatic heterocycles. The molecule has 0 aliphatic heterocycles. The number of rotatable bonds is 8. The molecule has 9 heteroatoms. The number of sulfonamides is 1. The maximum atomic E-state index is 12.4. The Bertz CT molecular complexity index is 1230. The SMILES string of the molecule is Cc1nc(COc2ccc(/C=C/C(=O)Nc3cc(S(=O)(=O)N(C)C)ccc3C)cc2)cs1. The number of hydrogen-bond acceptors (Lipinski definition) is 6. The van der Waals surface area contributed by atoms with Gasteiger partial charge < -0.3 is 10.1 Å². The molecule has 0 radical (unpaired) electrons. The number of hydrogen-bond donors (Lipinski definition) is 1. The third-order valence-electron chi connectivity index (χ3n) is 4.61. The molecule has 168 valence electrons. The maximum Gasteiger partial charge on any atom is 0.248 e. The fourth-order valence-electron chi connectivity index (χ4n) is 2.76. The van der Waals surface area contributed by atoms with E-state index in [9.17, 15) is 13.2 Å². The van der Waals surface area contributed by atoms with Crippen LogP contribution in [-0.4, -0.2) is 37.7 Å². The average molecular weight is 472 g/mol. The van der Waals surface area contributed by atoms with E-state index in [2.05, 4.69) is 10.3 Å². The van der Waals surface area contributed by atoms with Gasteiger partial charge in [0.25, 0.3) is 0 Å². The van der Waals surface area contributed by atoms with E-state index in [-0.39, 0.29) is 10.8 Å². The fourth-order valence-corrected chi connectivity index (χ4v) is 4.29. The molecule has 0 bridgehead atoms. The largest absolute Gasteiger partial charge is 0.487 e. The quantitative estimate of drug-likeness (QED) is 0.497. The third-order valence-corrected chi connectivity index (χ3v) is 7.24. The lowest BCUT2D eigenvalue weighted by Crippen LogP contribution is -2.22. The third kappa shape index (κ3) is 6.03. The lowest BCUT2D eigenvalue weighted by Gasteiger charge is -2.14. The second-order valence-corrected chi connectivity index (χ2v) is 10.5. The number of aromatic nitrogens is 1. The predicted molar refractivity (Wildman–Crippen MR) is 127 cm³/mol. The van der Waals surface area contributed by atoms with Crippen LogP contribution in [0.1, 0.15) is 21.8 Å². The van der Waals surface area contributed by atoms with Crippen molar-refractivity contribution in [1.82, 2.24) is 9.29 Å². The first-order chi connectivity index (χ1) is 15.1. The van der Waals surface area contributed by atoms with Crippen LogP contribution in [0.4, 0.5) is 5.69 Å². The van der Waals surface area contributed by atoms with Crippen molar-refractivity contribution in [1.29, 1.82) is 0 Å². The van der Waals surface area contributed by atoms with E-state index in [1.54, 1.807) is 30.4 Å². The number of amides is 1. The highest BCUT2D eigenvalue weighted by Crippen LogP contribution is 2.22. The van der Waals surface area contributed by atoms with Crippen molar-refractivity contribution in [3.05, 3.63) is 75.7 Å². The Hall–Kier alpha value is -3.01. The molecule has 2 aromatic carbocycles. The highest BCUT2D eigenvalue weighted by molar-refractivity contribution is 7.89. The summed E-state index contributed by atoms with van der Waals surface area (Å²) in [5, 5.41) is 5.72. The van der Waals surface area contributed by atoms with E-state index >= 15 is 0 Å². The van der Waals surface area contributed by atoms with Crippen LogP contribution in [0.2, 0.25) is 0 Å². The Morgan fingerprint density at radius 1 is 1.16 bits per heavy atom. The highest BCUT2D eigenvalue weighted by atomic mass is 32.2. The molecular weight excluding hydrogens is 446 g/mol. The van der Waals surface area contributed by atoms with E-state index in [1.165, 1.54) is 32.3 Å². The van der Waals surface area contributed by atoms with E-state index in [0.717, 1.165) is 26.1 Å². The molecule has 32 heavy (non-hydrogen) atoms. The summed E-state index contributed by atoms with van der Waals surface area (Å²) in [6.07, 6.45) is 3.08. The first-order valence-electron chi connectivity index (χ1n) is 9.81. The Morgan fingerprint density at radius 2 is 1.88 bits per heavy atom. The molecule has 3 rings (SSSR count). The molecule has 7 nitrogen and oxygen atoms in total. The second kappa shape index (κ2) is 10.1. The van der Waals surface area contributed by atoms with Crippen LogP contribution in [0.25, 0.3) is 6.08 Å².